The lowest BCUT2D eigenvalue weighted by Gasteiger charge is -2.10. The molecule has 1 aromatic carbocycles. The first-order chi connectivity index (χ1) is 7.61. The highest BCUT2D eigenvalue weighted by molar-refractivity contribution is 5.33. The van der Waals surface area contributed by atoms with Crippen molar-refractivity contribution in [2.24, 2.45) is 5.92 Å². The van der Waals surface area contributed by atoms with Gasteiger partial charge in [-0.3, -0.25) is 0 Å². The molecule has 1 nitrogen and oxygen atoms in total. The number of rotatable bonds is 6. The van der Waals surface area contributed by atoms with Crippen molar-refractivity contribution in [1.29, 1.82) is 0 Å². The van der Waals surface area contributed by atoms with Gasteiger partial charge in [-0.1, -0.05) is 32.0 Å². The van der Waals surface area contributed by atoms with Gasteiger partial charge in [-0.2, -0.15) is 0 Å². The molecule has 90 valence electrons. The van der Waals surface area contributed by atoms with E-state index in [4.69, 9.17) is 0 Å². The van der Waals surface area contributed by atoms with E-state index >= 15 is 0 Å². The standard InChI is InChI=1S/C15H25N/c1-12(2)11-16-10-6-9-15-8-5-7-13(3)14(15)4/h5,7-8,12,16H,6,9-11H2,1-4H3. The second-order valence-electron chi connectivity index (χ2n) is 5.06. The predicted octanol–water partition coefficient (Wildman–Crippen LogP) is 3.48. The molecule has 1 aromatic rings. The molecule has 0 saturated heterocycles. The topological polar surface area (TPSA) is 12.0 Å². The van der Waals surface area contributed by atoms with E-state index in [-0.39, 0.29) is 0 Å². The van der Waals surface area contributed by atoms with Crippen LogP contribution < -0.4 is 5.32 Å². The number of nitrogens with one attached hydrogen (secondary N) is 1. The fourth-order valence-electron chi connectivity index (χ4n) is 1.88. The maximum absolute atomic E-state index is 3.49. The molecule has 0 amide bonds. The van der Waals surface area contributed by atoms with Crippen LogP contribution in [0.2, 0.25) is 0 Å². The summed E-state index contributed by atoms with van der Waals surface area (Å²) in [5.41, 5.74) is 4.38. The third-order valence-corrected chi connectivity index (χ3v) is 3.07. The first-order valence-corrected chi connectivity index (χ1v) is 6.37. The summed E-state index contributed by atoms with van der Waals surface area (Å²) in [6, 6.07) is 6.61. The Balaban J connectivity index is 2.29. The van der Waals surface area contributed by atoms with Crippen LogP contribution in [0.5, 0.6) is 0 Å². The Morgan fingerprint density at radius 3 is 2.62 bits per heavy atom. The molecule has 0 aliphatic heterocycles. The Kier molecular flexibility index (Phi) is 5.54. The Bertz CT molecular complexity index is 315. The molecule has 1 N–H and O–H groups in total. The first-order valence-electron chi connectivity index (χ1n) is 6.37. The average Bonchev–Trinajstić information content (AvgIpc) is 2.23. The first kappa shape index (κ1) is 13.2. The molecule has 0 heterocycles. The monoisotopic (exact) mass is 219 g/mol. The average molecular weight is 219 g/mol. The summed E-state index contributed by atoms with van der Waals surface area (Å²) < 4.78 is 0. The van der Waals surface area contributed by atoms with Gasteiger partial charge < -0.3 is 5.32 Å². The highest BCUT2D eigenvalue weighted by Gasteiger charge is 2.00. The number of benzene rings is 1. The molecule has 0 atom stereocenters. The Labute approximate surface area is 100 Å². The molecule has 0 aliphatic rings. The van der Waals surface area contributed by atoms with Crippen molar-refractivity contribution in [2.75, 3.05) is 13.1 Å². The van der Waals surface area contributed by atoms with Crippen LogP contribution in [-0.2, 0) is 6.42 Å². The quantitative estimate of drug-likeness (QED) is 0.722. The normalized spacial score (nSPS) is 11.1. The number of hydrogen-bond donors (Lipinski definition) is 1. The van der Waals surface area contributed by atoms with Crippen molar-refractivity contribution in [3.8, 4) is 0 Å². The fraction of sp³-hybridized carbons (Fsp3) is 0.600. The lowest BCUT2D eigenvalue weighted by atomic mass is 10.00. The van der Waals surface area contributed by atoms with Crippen LogP contribution in [0.1, 0.15) is 37.0 Å². The summed E-state index contributed by atoms with van der Waals surface area (Å²) in [6.07, 6.45) is 2.43. The van der Waals surface area contributed by atoms with E-state index in [0.717, 1.165) is 19.0 Å². The summed E-state index contributed by atoms with van der Waals surface area (Å²) in [7, 11) is 0. The summed E-state index contributed by atoms with van der Waals surface area (Å²) in [5, 5.41) is 3.49. The molecular weight excluding hydrogens is 194 g/mol. The van der Waals surface area contributed by atoms with Gasteiger partial charge in [0.15, 0.2) is 0 Å². The molecule has 0 fully saturated rings. The summed E-state index contributed by atoms with van der Waals surface area (Å²) in [6.45, 7) is 11.2. The van der Waals surface area contributed by atoms with Crippen molar-refractivity contribution >= 4 is 0 Å². The minimum absolute atomic E-state index is 0.751. The van der Waals surface area contributed by atoms with Gasteiger partial charge in [0.1, 0.15) is 0 Å². The predicted molar refractivity (Wildman–Crippen MR) is 71.9 cm³/mol. The van der Waals surface area contributed by atoms with E-state index in [2.05, 4.69) is 51.2 Å². The molecule has 1 heteroatoms. The van der Waals surface area contributed by atoms with Crippen LogP contribution in [0.25, 0.3) is 0 Å². The third-order valence-electron chi connectivity index (χ3n) is 3.07. The largest absolute Gasteiger partial charge is 0.316 e. The number of aryl methyl sites for hydroxylation is 2. The Morgan fingerprint density at radius 1 is 1.19 bits per heavy atom. The van der Waals surface area contributed by atoms with Gasteiger partial charge in [-0.25, -0.2) is 0 Å². The van der Waals surface area contributed by atoms with Crippen LogP contribution in [0.4, 0.5) is 0 Å². The van der Waals surface area contributed by atoms with Crippen molar-refractivity contribution in [1.82, 2.24) is 5.32 Å². The van der Waals surface area contributed by atoms with E-state index in [9.17, 15) is 0 Å². The molecule has 0 aliphatic carbocycles. The van der Waals surface area contributed by atoms with Crippen molar-refractivity contribution in [3.63, 3.8) is 0 Å². The van der Waals surface area contributed by atoms with Gasteiger partial charge in [-0.15, -0.1) is 0 Å². The second-order valence-corrected chi connectivity index (χ2v) is 5.06. The molecule has 0 saturated carbocycles. The molecule has 0 bridgehead atoms. The van der Waals surface area contributed by atoms with E-state index in [1.807, 2.05) is 0 Å². The van der Waals surface area contributed by atoms with Crippen LogP contribution in [0, 0.1) is 19.8 Å². The molecule has 0 aromatic heterocycles. The zero-order valence-electron chi connectivity index (χ0n) is 11.1. The molecular formula is C15H25N. The summed E-state index contributed by atoms with van der Waals surface area (Å²) in [5.74, 6) is 0.751. The van der Waals surface area contributed by atoms with Gasteiger partial charge in [0.05, 0.1) is 0 Å². The minimum atomic E-state index is 0.751. The van der Waals surface area contributed by atoms with Gasteiger partial charge in [0.2, 0.25) is 0 Å². The summed E-state index contributed by atoms with van der Waals surface area (Å²) in [4.78, 5) is 0. The lowest BCUT2D eigenvalue weighted by molar-refractivity contribution is 0.543. The molecule has 0 unspecified atom stereocenters. The fourth-order valence-corrected chi connectivity index (χ4v) is 1.88. The Morgan fingerprint density at radius 2 is 1.94 bits per heavy atom. The summed E-state index contributed by atoms with van der Waals surface area (Å²) >= 11 is 0. The van der Waals surface area contributed by atoms with Crippen molar-refractivity contribution in [2.45, 2.75) is 40.5 Å². The van der Waals surface area contributed by atoms with E-state index in [0.29, 0.717) is 0 Å². The van der Waals surface area contributed by atoms with Gasteiger partial charge >= 0.3 is 0 Å². The van der Waals surface area contributed by atoms with E-state index < -0.39 is 0 Å². The zero-order chi connectivity index (χ0) is 12.0. The second kappa shape index (κ2) is 6.70. The van der Waals surface area contributed by atoms with Crippen LogP contribution >= 0.6 is 0 Å². The zero-order valence-corrected chi connectivity index (χ0v) is 11.1. The van der Waals surface area contributed by atoms with E-state index in [1.165, 1.54) is 29.5 Å². The lowest BCUT2D eigenvalue weighted by Crippen LogP contribution is -2.21. The van der Waals surface area contributed by atoms with Crippen molar-refractivity contribution < 1.29 is 0 Å². The highest BCUT2D eigenvalue weighted by Crippen LogP contribution is 2.14. The smallest absolute Gasteiger partial charge is 0.00258 e. The van der Waals surface area contributed by atoms with Gasteiger partial charge in [-0.05, 0) is 62.4 Å². The van der Waals surface area contributed by atoms with Gasteiger partial charge in [0.25, 0.3) is 0 Å². The molecule has 16 heavy (non-hydrogen) atoms. The Hall–Kier alpha value is -0.820. The van der Waals surface area contributed by atoms with Crippen molar-refractivity contribution in [3.05, 3.63) is 34.9 Å². The van der Waals surface area contributed by atoms with Crippen LogP contribution in [-0.4, -0.2) is 13.1 Å². The third kappa shape index (κ3) is 4.36. The number of hydrogen-bond acceptors (Lipinski definition) is 1. The molecule has 1 rings (SSSR count). The SMILES string of the molecule is Cc1cccc(CCCNCC(C)C)c1C. The van der Waals surface area contributed by atoms with Gasteiger partial charge in [0, 0.05) is 0 Å². The van der Waals surface area contributed by atoms with Crippen LogP contribution in [0.15, 0.2) is 18.2 Å². The van der Waals surface area contributed by atoms with Crippen LogP contribution in [0.3, 0.4) is 0 Å². The maximum atomic E-state index is 3.49. The molecule has 0 spiro atoms. The molecule has 0 radical (unpaired) electrons. The van der Waals surface area contributed by atoms with E-state index in [1.54, 1.807) is 0 Å². The highest BCUT2D eigenvalue weighted by atomic mass is 14.8. The maximum Gasteiger partial charge on any atom is -0.00258 e. The minimum Gasteiger partial charge on any atom is -0.316 e.